The van der Waals surface area contributed by atoms with Crippen LogP contribution in [0.15, 0.2) is 4.99 Å². The van der Waals surface area contributed by atoms with E-state index in [4.69, 9.17) is 5.84 Å². The summed E-state index contributed by atoms with van der Waals surface area (Å²) in [6.07, 6.45) is 3.69. The van der Waals surface area contributed by atoms with Gasteiger partial charge in [0.1, 0.15) is 0 Å². The van der Waals surface area contributed by atoms with Crippen LogP contribution in [0.4, 0.5) is 0 Å². The van der Waals surface area contributed by atoms with Crippen LogP contribution >= 0.6 is 0 Å². The predicted octanol–water partition coefficient (Wildman–Crippen LogP) is 0.948. The molecule has 0 aliphatic carbocycles. The lowest BCUT2D eigenvalue weighted by Gasteiger charge is -2.20. The standard InChI is InChI=1S/C9H22N4/c1-4-6-7-8-13(3)9(12-10)11-5-2/h4-8,10H2,1-3H3,(H,11,12). The van der Waals surface area contributed by atoms with Crippen LogP contribution in [-0.4, -0.2) is 31.0 Å². The van der Waals surface area contributed by atoms with Crippen molar-refractivity contribution in [3.8, 4) is 0 Å². The first-order valence-corrected chi connectivity index (χ1v) is 4.98. The van der Waals surface area contributed by atoms with Crippen molar-refractivity contribution in [3.63, 3.8) is 0 Å². The molecule has 0 spiro atoms. The number of hydrogen-bond acceptors (Lipinski definition) is 2. The number of nitrogens with one attached hydrogen (secondary N) is 1. The van der Waals surface area contributed by atoms with Gasteiger partial charge >= 0.3 is 0 Å². The second-order valence-corrected chi connectivity index (χ2v) is 3.07. The molecule has 0 amide bonds. The second kappa shape index (κ2) is 7.86. The Hall–Kier alpha value is -0.770. The van der Waals surface area contributed by atoms with Crippen LogP contribution in [0.5, 0.6) is 0 Å². The molecule has 13 heavy (non-hydrogen) atoms. The predicted molar refractivity (Wildman–Crippen MR) is 57.5 cm³/mol. The molecule has 0 radical (unpaired) electrons. The highest BCUT2D eigenvalue weighted by molar-refractivity contribution is 5.79. The van der Waals surface area contributed by atoms with Crippen LogP contribution < -0.4 is 11.3 Å². The molecular formula is C9H22N4. The van der Waals surface area contributed by atoms with Crippen LogP contribution in [0.3, 0.4) is 0 Å². The molecule has 0 saturated carbocycles. The molecule has 0 atom stereocenters. The van der Waals surface area contributed by atoms with Crippen LogP contribution in [0.1, 0.15) is 33.1 Å². The van der Waals surface area contributed by atoms with Crippen molar-refractivity contribution in [2.75, 3.05) is 20.1 Å². The quantitative estimate of drug-likeness (QED) is 0.221. The Kier molecular flexibility index (Phi) is 7.39. The second-order valence-electron chi connectivity index (χ2n) is 3.07. The maximum Gasteiger partial charge on any atom is 0.208 e. The number of hydrazine groups is 1. The fourth-order valence-electron chi connectivity index (χ4n) is 1.13. The van der Waals surface area contributed by atoms with Crippen LogP contribution in [-0.2, 0) is 0 Å². The zero-order valence-electron chi connectivity index (χ0n) is 9.01. The smallest absolute Gasteiger partial charge is 0.208 e. The van der Waals surface area contributed by atoms with Crippen LogP contribution in [0.25, 0.3) is 0 Å². The van der Waals surface area contributed by atoms with Crippen molar-refractivity contribution in [2.45, 2.75) is 33.1 Å². The lowest BCUT2D eigenvalue weighted by atomic mass is 10.2. The fraction of sp³-hybridized carbons (Fsp3) is 0.889. The summed E-state index contributed by atoms with van der Waals surface area (Å²) >= 11 is 0. The maximum absolute atomic E-state index is 5.34. The average molecular weight is 186 g/mol. The molecule has 4 heteroatoms. The Labute approximate surface area is 81.2 Å². The monoisotopic (exact) mass is 186 g/mol. The summed E-state index contributed by atoms with van der Waals surface area (Å²) in [6, 6.07) is 0. The minimum absolute atomic E-state index is 0.762. The van der Waals surface area contributed by atoms with Crippen molar-refractivity contribution in [1.29, 1.82) is 0 Å². The van der Waals surface area contributed by atoms with E-state index in [1.165, 1.54) is 19.3 Å². The molecule has 0 heterocycles. The minimum Gasteiger partial charge on any atom is -0.345 e. The number of hydrogen-bond donors (Lipinski definition) is 2. The van der Waals surface area contributed by atoms with Crippen molar-refractivity contribution in [1.82, 2.24) is 10.3 Å². The van der Waals surface area contributed by atoms with E-state index in [-0.39, 0.29) is 0 Å². The molecule has 0 aromatic rings. The summed E-state index contributed by atoms with van der Waals surface area (Å²) in [5.74, 6) is 6.12. The van der Waals surface area contributed by atoms with Gasteiger partial charge in [0.25, 0.3) is 0 Å². The average Bonchev–Trinajstić information content (AvgIpc) is 2.14. The zero-order chi connectivity index (χ0) is 10.1. The summed E-state index contributed by atoms with van der Waals surface area (Å²) in [5.41, 5.74) is 2.61. The van der Waals surface area contributed by atoms with Crippen LogP contribution in [0, 0.1) is 0 Å². The largest absolute Gasteiger partial charge is 0.345 e. The molecule has 78 valence electrons. The van der Waals surface area contributed by atoms with Gasteiger partial charge < -0.3 is 4.90 Å². The van der Waals surface area contributed by atoms with E-state index < -0.39 is 0 Å². The minimum atomic E-state index is 0.762. The molecule has 0 aliphatic rings. The molecule has 0 bridgehead atoms. The first-order valence-electron chi connectivity index (χ1n) is 4.98. The Morgan fingerprint density at radius 2 is 2.08 bits per heavy atom. The van der Waals surface area contributed by atoms with Gasteiger partial charge in [-0.3, -0.25) is 10.4 Å². The normalized spacial score (nSPS) is 11.5. The molecule has 0 rings (SSSR count). The van der Waals surface area contributed by atoms with Crippen molar-refractivity contribution < 1.29 is 0 Å². The van der Waals surface area contributed by atoms with E-state index in [0.29, 0.717) is 0 Å². The summed E-state index contributed by atoms with van der Waals surface area (Å²) in [4.78, 5) is 6.28. The molecule has 3 N–H and O–H groups in total. The Morgan fingerprint density at radius 3 is 2.54 bits per heavy atom. The fourth-order valence-corrected chi connectivity index (χ4v) is 1.13. The lowest BCUT2D eigenvalue weighted by molar-refractivity contribution is 0.458. The van der Waals surface area contributed by atoms with Gasteiger partial charge in [-0.2, -0.15) is 0 Å². The first-order chi connectivity index (χ1) is 6.26. The highest BCUT2D eigenvalue weighted by atomic mass is 15.4. The highest BCUT2D eigenvalue weighted by Gasteiger charge is 2.02. The van der Waals surface area contributed by atoms with Crippen molar-refractivity contribution >= 4 is 5.96 Å². The van der Waals surface area contributed by atoms with Gasteiger partial charge in [-0.1, -0.05) is 19.8 Å². The topological polar surface area (TPSA) is 53.6 Å². The number of nitrogens with two attached hydrogens (primary N) is 1. The van der Waals surface area contributed by atoms with Gasteiger partial charge in [0.05, 0.1) is 0 Å². The molecule has 0 aliphatic heterocycles. The van der Waals surface area contributed by atoms with Crippen LogP contribution in [0.2, 0.25) is 0 Å². The van der Waals surface area contributed by atoms with Crippen molar-refractivity contribution in [3.05, 3.63) is 0 Å². The number of nitrogens with zero attached hydrogens (tertiary/aromatic N) is 2. The molecule has 0 unspecified atom stereocenters. The third-order valence-corrected chi connectivity index (χ3v) is 1.90. The Balaban J connectivity index is 3.77. The van der Waals surface area contributed by atoms with Crippen molar-refractivity contribution in [2.24, 2.45) is 10.8 Å². The number of rotatable bonds is 5. The molecule has 0 aromatic carbocycles. The SMILES string of the molecule is CCCCCN(C)C(=NCC)NN. The van der Waals surface area contributed by atoms with E-state index in [1.54, 1.807) is 0 Å². The third kappa shape index (κ3) is 5.47. The van der Waals surface area contributed by atoms with Gasteiger partial charge in [0, 0.05) is 20.1 Å². The highest BCUT2D eigenvalue weighted by Crippen LogP contribution is 1.96. The van der Waals surface area contributed by atoms with Gasteiger partial charge in [-0.15, -0.1) is 0 Å². The summed E-state index contributed by atoms with van der Waals surface area (Å²) in [5, 5.41) is 0. The Morgan fingerprint density at radius 1 is 1.38 bits per heavy atom. The maximum atomic E-state index is 5.34. The summed E-state index contributed by atoms with van der Waals surface area (Å²) in [7, 11) is 2.00. The molecule has 0 fully saturated rings. The number of unbranched alkanes of at least 4 members (excludes halogenated alkanes) is 2. The lowest BCUT2D eigenvalue weighted by Crippen LogP contribution is -2.43. The first kappa shape index (κ1) is 12.2. The van der Waals surface area contributed by atoms with E-state index in [1.807, 2.05) is 14.0 Å². The molecular weight excluding hydrogens is 164 g/mol. The molecule has 0 saturated heterocycles. The Bertz CT molecular complexity index is 145. The summed E-state index contributed by atoms with van der Waals surface area (Å²) < 4.78 is 0. The van der Waals surface area contributed by atoms with Gasteiger partial charge in [0.2, 0.25) is 5.96 Å². The van der Waals surface area contributed by atoms with E-state index in [0.717, 1.165) is 19.0 Å². The number of guanidine groups is 1. The van der Waals surface area contributed by atoms with Gasteiger partial charge in [-0.25, -0.2) is 5.84 Å². The summed E-state index contributed by atoms with van der Waals surface area (Å²) in [6.45, 7) is 5.97. The zero-order valence-corrected chi connectivity index (χ0v) is 9.01. The molecule has 4 nitrogen and oxygen atoms in total. The van der Waals surface area contributed by atoms with E-state index >= 15 is 0 Å². The third-order valence-electron chi connectivity index (χ3n) is 1.90. The van der Waals surface area contributed by atoms with E-state index in [9.17, 15) is 0 Å². The van der Waals surface area contributed by atoms with Gasteiger partial charge in [-0.05, 0) is 13.3 Å². The van der Waals surface area contributed by atoms with Gasteiger partial charge in [0.15, 0.2) is 0 Å². The number of aliphatic imine (C=N–C) groups is 1. The van der Waals surface area contributed by atoms with E-state index in [2.05, 4.69) is 22.2 Å². The molecule has 0 aromatic heterocycles.